The van der Waals surface area contributed by atoms with Crippen LogP contribution in [-0.2, 0) is 21.4 Å². The minimum atomic E-state index is -0.263. The van der Waals surface area contributed by atoms with Crippen LogP contribution < -0.4 is 5.32 Å². The number of likely N-dealkylation sites (tertiary alicyclic amines) is 1. The Morgan fingerprint density at radius 2 is 2.26 bits per heavy atom. The Morgan fingerprint density at radius 1 is 1.48 bits per heavy atom. The molecule has 3 rings (SSSR count). The highest BCUT2D eigenvalue weighted by molar-refractivity contribution is 5.83. The smallest absolute Gasteiger partial charge is 0.226 e. The summed E-state index contributed by atoms with van der Waals surface area (Å²) in [6.45, 7) is 5.14. The lowest BCUT2D eigenvalue weighted by Gasteiger charge is -2.23. The maximum absolute atomic E-state index is 12.7. The Labute approximate surface area is 136 Å². The molecule has 0 spiro atoms. The first-order valence-electron chi connectivity index (χ1n) is 8.16. The second kappa shape index (κ2) is 6.31. The number of nitrogens with zero attached hydrogens (tertiary/aromatic N) is 3. The molecule has 1 aromatic heterocycles. The van der Waals surface area contributed by atoms with Crippen LogP contribution in [0.2, 0.25) is 0 Å². The van der Waals surface area contributed by atoms with Crippen LogP contribution in [0.1, 0.15) is 38.5 Å². The van der Waals surface area contributed by atoms with Gasteiger partial charge in [-0.15, -0.1) is 0 Å². The summed E-state index contributed by atoms with van der Waals surface area (Å²) in [5.41, 5.74) is 0.911. The second-order valence-electron chi connectivity index (χ2n) is 6.62. The van der Waals surface area contributed by atoms with Crippen LogP contribution >= 0.6 is 0 Å². The molecule has 126 valence electrons. The van der Waals surface area contributed by atoms with Gasteiger partial charge in [-0.3, -0.25) is 14.3 Å². The summed E-state index contributed by atoms with van der Waals surface area (Å²) in [5.74, 6) is -0.151. The SMILES string of the molecule is CC(C)N1CC(NC(=O)[C@@H]2CCO[C@H]2c2ccnn2C)CC1=O. The molecule has 2 fully saturated rings. The number of hydrogen-bond acceptors (Lipinski definition) is 4. The van der Waals surface area contributed by atoms with Gasteiger partial charge in [-0.1, -0.05) is 0 Å². The number of aromatic nitrogens is 2. The largest absolute Gasteiger partial charge is 0.371 e. The van der Waals surface area contributed by atoms with Gasteiger partial charge in [-0.2, -0.15) is 5.10 Å². The van der Waals surface area contributed by atoms with Crippen molar-refractivity contribution >= 4 is 11.8 Å². The summed E-state index contributed by atoms with van der Waals surface area (Å²) in [5, 5.41) is 7.19. The molecular formula is C16H24N4O3. The third-order valence-electron chi connectivity index (χ3n) is 4.71. The van der Waals surface area contributed by atoms with E-state index in [2.05, 4.69) is 10.4 Å². The van der Waals surface area contributed by atoms with Gasteiger partial charge in [0.05, 0.1) is 17.7 Å². The zero-order chi connectivity index (χ0) is 16.6. The fourth-order valence-corrected chi connectivity index (χ4v) is 3.45. The van der Waals surface area contributed by atoms with Gasteiger partial charge in [0.2, 0.25) is 11.8 Å². The second-order valence-corrected chi connectivity index (χ2v) is 6.62. The molecule has 7 nitrogen and oxygen atoms in total. The van der Waals surface area contributed by atoms with E-state index < -0.39 is 0 Å². The lowest BCUT2D eigenvalue weighted by atomic mass is 9.97. The summed E-state index contributed by atoms with van der Waals surface area (Å²) in [6, 6.07) is 1.95. The lowest BCUT2D eigenvalue weighted by Crippen LogP contribution is -2.42. The average Bonchev–Trinajstić information content (AvgIpc) is 3.17. The molecule has 1 aromatic rings. The van der Waals surface area contributed by atoms with E-state index in [0.717, 1.165) is 5.69 Å². The Hall–Kier alpha value is -1.89. The highest BCUT2D eigenvalue weighted by atomic mass is 16.5. The normalized spacial score (nSPS) is 27.9. The molecule has 7 heteroatoms. The molecule has 23 heavy (non-hydrogen) atoms. The average molecular weight is 320 g/mol. The van der Waals surface area contributed by atoms with Crippen molar-refractivity contribution in [2.24, 2.45) is 13.0 Å². The minimum absolute atomic E-state index is 0.0305. The van der Waals surface area contributed by atoms with E-state index in [1.807, 2.05) is 31.9 Å². The van der Waals surface area contributed by atoms with E-state index in [4.69, 9.17) is 4.74 Å². The fraction of sp³-hybridized carbons (Fsp3) is 0.688. The summed E-state index contributed by atoms with van der Waals surface area (Å²) in [7, 11) is 1.85. The first-order chi connectivity index (χ1) is 11.0. The van der Waals surface area contributed by atoms with E-state index in [1.54, 1.807) is 10.9 Å². The third kappa shape index (κ3) is 3.10. The van der Waals surface area contributed by atoms with Crippen LogP contribution in [0.4, 0.5) is 0 Å². The molecule has 2 aliphatic rings. The molecule has 0 bridgehead atoms. The molecule has 2 saturated heterocycles. The molecule has 0 aliphatic carbocycles. The van der Waals surface area contributed by atoms with E-state index in [1.165, 1.54) is 0 Å². The van der Waals surface area contributed by atoms with Gasteiger partial charge in [0.15, 0.2) is 0 Å². The van der Waals surface area contributed by atoms with Crippen molar-refractivity contribution in [1.82, 2.24) is 20.0 Å². The number of amides is 2. The predicted molar refractivity (Wildman–Crippen MR) is 83.4 cm³/mol. The van der Waals surface area contributed by atoms with Gasteiger partial charge >= 0.3 is 0 Å². The van der Waals surface area contributed by atoms with Crippen LogP contribution in [0.5, 0.6) is 0 Å². The van der Waals surface area contributed by atoms with Crippen LogP contribution in [0.25, 0.3) is 0 Å². The first-order valence-corrected chi connectivity index (χ1v) is 8.16. The number of nitrogens with one attached hydrogen (secondary N) is 1. The lowest BCUT2D eigenvalue weighted by molar-refractivity contribution is -0.129. The predicted octanol–water partition coefficient (Wildman–Crippen LogP) is 0.623. The Balaban J connectivity index is 1.64. The maximum Gasteiger partial charge on any atom is 0.226 e. The highest BCUT2D eigenvalue weighted by Gasteiger charge is 2.39. The molecule has 2 aliphatic heterocycles. The van der Waals surface area contributed by atoms with E-state index in [0.29, 0.717) is 26.0 Å². The monoisotopic (exact) mass is 320 g/mol. The summed E-state index contributed by atoms with van der Waals surface area (Å²) < 4.78 is 7.50. The van der Waals surface area contributed by atoms with E-state index in [-0.39, 0.29) is 35.9 Å². The number of hydrogen-bond donors (Lipinski definition) is 1. The van der Waals surface area contributed by atoms with Crippen molar-refractivity contribution in [3.8, 4) is 0 Å². The number of carbonyl (C=O) groups is 2. The Morgan fingerprint density at radius 3 is 2.87 bits per heavy atom. The van der Waals surface area contributed by atoms with Crippen molar-refractivity contribution in [3.05, 3.63) is 18.0 Å². The molecule has 2 amide bonds. The van der Waals surface area contributed by atoms with Crippen LogP contribution in [0.15, 0.2) is 12.3 Å². The topological polar surface area (TPSA) is 76.5 Å². The molecule has 1 N–H and O–H groups in total. The molecule has 3 heterocycles. The summed E-state index contributed by atoms with van der Waals surface area (Å²) in [4.78, 5) is 26.4. The van der Waals surface area contributed by atoms with Gasteiger partial charge in [-0.05, 0) is 26.3 Å². The fourth-order valence-electron chi connectivity index (χ4n) is 3.45. The van der Waals surface area contributed by atoms with Crippen molar-refractivity contribution in [1.29, 1.82) is 0 Å². The molecule has 0 aromatic carbocycles. The zero-order valence-corrected chi connectivity index (χ0v) is 13.9. The zero-order valence-electron chi connectivity index (χ0n) is 13.9. The summed E-state index contributed by atoms with van der Waals surface area (Å²) >= 11 is 0. The minimum Gasteiger partial charge on any atom is -0.371 e. The van der Waals surface area contributed by atoms with E-state index in [9.17, 15) is 9.59 Å². The standard InChI is InChI=1S/C16H24N4O3/c1-10(2)20-9-11(8-14(20)21)18-16(22)12-5-7-23-15(12)13-4-6-17-19(13)3/h4,6,10-12,15H,5,7-9H2,1-3H3,(H,18,22)/t11?,12-,15-/m1/s1. The van der Waals surface area contributed by atoms with Crippen molar-refractivity contribution in [2.45, 2.75) is 44.9 Å². The number of aryl methyl sites for hydroxylation is 1. The van der Waals surface area contributed by atoms with Crippen LogP contribution in [0.3, 0.4) is 0 Å². The maximum atomic E-state index is 12.7. The number of ether oxygens (including phenoxy) is 1. The molecule has 0 saturated carbocycles. The van der Waals surface area contributed by atoms with Crippen LogP contribution in [-0.4, -0.2) is 51.7 Å². The quantitative estimate of drug-likeness (QED) is 0.882. The number of rotatable bonds is 4. The van der Waals surface area contributed by atoms with Gasteiger partial charge in [0.1, 0.15) is 6.10 Å². The highest BCUT2D eigenvalue weighted by Crippen LogP contribution is 2.34. The van der Waals surface area contributed by atoms with Crippen molar-refractivity contribution in [3.63, 3.8) is 0 Å². The van der Waals surface area contributed by atoms with Crippen molar-refractivity contribution < 1.29 is 14.3 Å². The van der Waals surface area contributed by atoms with Crippen molar-refractivity contribution in [2.75, 3.05) is 13.2 Å². The molecular weight excluding hydrogens is 296 g/mol. The van der Waals surface area contributed by atoms with Gasteiger partial charge in [-0.25, -0.2) is 0 Å². The number of carbonyl (C=O) groups excluding carboxylic acids is 2. The molecule has 0 radical (unpaired) electrons. The van der Waals surface area contributed by atoms with Gasteiger partial charge < -0.3 is 15.0 Å². The van der Waals surface area contributed by atoms with Crippen LogP contribution in [0, 0.1) is 5.92 Å². The Kier molecular flexibility index (Phi) is 4.39. The van der Waals surface area contributed by atoms with Gasteiger partial charge in [0.25, 0.3) is 0 Å². The molecule has 3 atom stereocenters. The molecule has 1 unspecified atom stereocenters. The van der Waals surface area contributed by atoms with E-state index >= 15 is 0 Å². The summed E-state index contributed by atoms with van der Waals surface area (Å²) in [6.07, 6.45) is 2.52. The Bertz CT molecular complexity index is 598. The first kappa shape index (κ1) is 16.0. The third-order valence-corrected chi connectivity index (χ3v) is 4.71. The van der Waals surface area contributed by atoms with Gasteiger partial charge in [0, 0.05) is 38.9 Å².